The minimum absolute atomic E-state index is 0.0729. The van der Waals surface area contributed by atoms with Gasteiger partial charge in [0, 0.05) is 5.56 Å². The molecule has 2 N–H and O–H groups in total. The fourth-order valence-electron chi connectivity index (χ4n) is 4.05. The van der Waals surface area contributed by atoms with E-state index in [0.29, 0.717) is 0 Å². The lowest BCUT2D eigenvalue weighted by atomic mass is 10.0. The van der Waals surface area contributed by atoms with Crippen LogP contribution in [-0.2, 0) is 0 Å². The zero-order valence-electron chi connectivity index (χ0n) is 17.4. The van der Waals surface area contributed by atoms with Crippen molar-refractivity contribution in [1.82, 2.24) is 24.6 Å². The summed E-state index contributed by atoms with van der Waals surface area (Å²) in [6.45, 7) is 1.65. The maximum absolute atomic E-state index is 13.7. The van der Waals surface area contributed by atoms with Crippen molar-refractivity contribution >= 4 is 5.95 Å². The fourth-order valence-corrected chi connectivity index (χ4v) is 4.05. The molecule has 0 radical (unpaired) electrons. The zero-order valence-corrected chi connectivity index (χ0v) is 17.4. The second kappa shape index (κ2) is 10.4. The topological polar surface area (TPSA) is 96.7 Å². The molecule has 0 aromatic carbocycles. The van der Waals surface area contributed by atoms with Crippen LogP contribution in [0.2, 0.25) is 0 Å². The Balaban J connectivity index is 0.000000367. The van der Waals surface area contributed by atoms with E-state index in [1.807, 2.05) is 13.1 Å². The molecular weight excluding hydrogens is 388 g/mol. The summed E-state index contributed by atoms with van der Waals surface area (Å²) in [7, 11) is 2.00. The highest BCUT2D eigenvalue weighted by Crippen LogP contribution is 2.35. The maximum Gasteiger partial charge on any atom is 0.280 e. The van der Waals surface area contributed by atoms with Crippen LogP contribution in [0.1, 0.15) is 75.1 Å². The van der Waals surface area contributed by atoms with Crippen molar-refractivity contribution in [3.05, 3.63) is 23.7 Å². The number of anilines is 1. The molecule has 0 atom stereocenters. The van der Waals surface area contributed by atoms with Crippen LogP contribution in [0.3, 0.4) is 0 Å². The van der Waals surface area contributed by atoms with Crippen molar-refractivity contribution in [1.29, 1.82) is 5.26 Å². The smallest absolute Gasteiger partial charge is 0.280 e. The van der Waals surface area contributed by atoms with Crippen molar-refractivity contribution in [2.45, 2.75) is 63.8 Å². The number of nitriles is 1. The molecule has 2 fully saturated rings. The molecule has 0 unspecified atom stereocenters. The van der Waals surface area contributed by atoms with Crippen LogP contribution in [0.15, 0.2) is 12.4 Å². The molecule has 2 aliphatic rings. The first-order chi connectivity index (χ1) is 14.5. The third-order valence-electron chi connectivity index (χ3n) is 5.76. The first-order valence-electron chi connectivity index (χ1n) is 10.6. The van der Waals surface area contributed by atoms with Crippen molar-refractivity contribution < 1.29 is 8.78 Å². The molecule has 2 aromatic rings. The summed E-state index contributed by atoms with van der Waals surface area (Å²) in [4.78, 5) is 9.87. The van der Waals surface area contributed by atoms with Gasteiger partial charge >= 0.3 is 0 Å². The van der Waals surface area contributed by atoms with Gasteiger partial charge in [-0.2, -0.15) is 10.4 Å². The van der Waals surface area contributed by atoms with Gasteiger partial charge < -0.3 is 10.6 Å². The second-order valence-electron chi connectivity index (χ2n) is 7.95. The Kier molecular flexibility index (Phi) is 7.69. The molecule has 1 saturated heterocycles. The zero-order chi connectivity index (χ0) is 21.5. The number of rotatable bonds is 3. The van der Waals surface area contributed by atoms with E-state index in [9.17, 15) is 14.0 Å². The van der Waals surface area contributed by atoms with Gasteiger partial charge in [0.25, 0.3) is 6.43 Å². The quantitative estimate of drug-likeness (QED) is 0.798. The van der Waals surface area contributed by atoms with Gasteiger partial charge in [-0.25, -0.2) is 18.7 Å². The van der Waals surface area contributed by atoms with Crippen LogP contribution in [-0.4, -0.2) is 44.8 Å². The first kappa shape index (κ1) is 22.1. The second-order valence-corrected chi connectivity index (χ2v) is 7.95. The summed E-state index contributed by atoms with van der Waals surface area (Å²) in [6.07, 6.45) is 10.3. The summed E-state index contributed by atoms with van der Waals surface area (Å²) in [5.41, 5.74) is 5.66. The van der Waals surface area contributed by atoms with Crippen LogP contribution >= 0.6 is 0 Å². The Morgan fingerprint density at radius 1 is 1.10 bits per heavy atom. The Morgan fingerprint density at radius 3 is 2.23 bits per heavy atom. The lowest BCUT2D eigenvalue weighted by molar-refractivity contribution is 0.128. The molecule has 1 saturated carbocycles. The van der Waals surface area contributed by atoms with Crippen molar-refractivity contribution in [3.63, 3.8) is 0 Å². The molecule has 0 amide bonds. The van der Waals surface area contributed by atoms with Crippen LogP contribution in [0.5, 0.6) is 0 Å². The molecule has 2 aromatic heterocycles. The molecule has 162 valence electrons. The first-order valence-corrected chi connectivity index (χ1v) is 10.6. The third-order valence-corrected chi connectivity index (χ3v) is 5.76. The minimum atomic E-state index is -2.73. The lowest BCUT2D eigenvalue weighted by Crippen LogP contribution is -2.32. The summed E-state index contributed by atoms with van der Waals surface area (Å²) in [5.74, 6) is -0.0729. The van der Waals surface area contributed by atoms with E-state index >= 15 is 0 Å². The van der Waals surface area contributed by atoms with Crippen molar-refractivity contribution in [2.24, 2.45) is 0 Å². The van der Waals surface area contributed by atoms with Crippen molar-refractivity contribution in [2.75, 3.05) is 25.9 Å². The van der Waals surface area contributed by atoms with E-state index in [2.05, 4.69) is 20.0 Å². The third kappa shape index (κ3) is 5.30. The molecule has 7 nitrogen and oxygen atoms in total. The molecule has 30 heavy (non-hydrogen) atoms. The largest absolute Gasteiger partial charge is 0.368 e. The van der Waals surface area contributed by atoms with E-state index in [1.165, 1.54) is 55.6 Å². The van der Waals surface area contributed by atoms with E-state index in [-0.39, 0.29) is 34.5 Å². The van der Waals surface area contributed by atoms with E-state index in [0.717, 1.165) is 25.9 Å². The van der Waals surface area contributed by atoms with Gasteiger partial charge in [-0.3, -0.25) is 4.68 Å². The van der Waals surface area contributed by atoms with Gasteiger partial charge in [0.05, 0.1) is 29.7 Å². The van der Waals surface area contributed by atoms with Gasteiger partial charge in [0.15, 0.2) is 0 Å². The maximum atomic E-state index is 13.7. The Bertz CT molecular complexity index is 851. The number of piperidine rings is 1. The van der Waals surface area contributed by atoms with Gasteiger partial charge in [-0.15, -0.1) is 0 Å². The average Bonchev–Trinajstić information content (AvgIpc) is 3.21. The number of likely N-dealkylation sites (tertiary alicyclic amines) is 1. The number of nitrogens with zero attached hydrogens (tertiary/aromatic N) is 6. The SMILES string of the molecule is C1CCCCC1.CN1CCC(n2ncc(-c3nc(N)ncc3C#N)c2C(F)F)CC1. The van der Waals surface area contributed by atoms with Gasteiger partial charge in [-0.1, -0.05) is 38.5 Å². The van der Waals surface area contributed by atoms with Crippen LogP contribution < -0.4 is 5.73 Å². The van der Waals surface area contributed by atoms with Gasteiger partial charge in [0.2, 0.25) is 5.95 Å². The highest BCUT2D eigenvalue weighted by atomic mass is 19.3. The van der Waals surface area contributed by atoms with Gasteiger partial charge in [0.1, 0.15) is 11.8 Å². The summed E-state index contributed by atoms with van der Waals surface area (Å²) < 4.78 is 28.9. The van der Waals surface area contributed by atoms with Crippen molar-refractivity contribution in [3.8, 4) is 17.3 Å². The Morgan fingerprint density at radius 2 is 1.70 bits per heavy atom. The summed E-state index contributed by atoms with van der Waals surface area (Å²) in [5, 5.41) is 13.4. The molecule has 0 spiro atoms. The number of nitrogen functional groups attached to an aromatic ring is 1. The standard InChI is InChI=1S/C15H17F2N7.C6H12/c1-23-4-2-10(3-5-23)24-13(14(16)17)11(8-21-24)12-9(6-18)7-20-15(19)22-12;1-2-4-6-5-3-1/h7-8,10,14H,2-5H2,1H3,(H2,19,20,22);1-6H2. The lowest BCUT2D eigenvalue weighted by Gasteiger charge is -2.30. The van der Waals surface area contributed by atoms with Gasteiger partial charge in [-0.05, 0) is 33.0 Å². The highest BCUT2D eigenvalue weighted by molar-refractivity contribution is 5.68. The average molecular weight is 418 g/mol. The Hall–Kier alpha value is -2.60. The Labute approximate surface area is 175 Å². The molecule has 4 rings (SSSR count). The fraction of sp³-hybridized carbons (Fsp3) is 0.619. The van der Waals surface area contributed by atoms with Crippen LogP contribution in [0.25, 0.3) is 11.3 Å². The number of hydrogen-bond acceptors (Lipinski definition) is 6. The number of hydrogen-bond donors (Lipinski definition) is 1. The summed E-state index contributed by atoms with van der Waals surface area (Å²) in [6, 6.07) is 1.82. The molecule has 9 heteroatoms. The number of aromatic nitrogens is 4. The molecule has 1 aliphatic carbocycles. The predicted molar refractivity (Wildman–Crippen MR) is 111 cm³/mol. The van der Waals surface area contributed by atoms with Crippen LogP contribution in [0.4, 0.5) is 14.7 Å². The minimum Gasteiger partial charge on any atom is -0.368 e. The molecular formula is C21H29F2N7. The van der Waals surface area contributed by atoms with Crippen LogP contribution in [0, 0.1) is 11.3 Å². The molecule has 0 bridgehead atoms. The monoisotopic (exact) mass is 417 g/mol. The van der Waals surface area contributed by atoms with E-state index in [4.69, 9.17) is 5.73 Å². The summed E-state index contributed by atoms with van der Waals surface area (Å²) >= 11 is 0. The highest BCUT2D eigenvalue weighted by Gasteiger charge is 2.29. The molecule has 1 aliphatic heterocycles. The van der Waals surface area contributed by atoms with E-state index in [1.54, 1.807) is 0 Å². The van der Waals surface area contributed by atoms with E-state index < -0.39 is 6.43 Å². The number of halogens is 2. The predicted octanol–water partition coefficient (Wildman–Crippen LogP) is 4.34. The normalized spacial score (nSPS) is 18.0. The number of alkyl halides is 2. The number of nitrogens with two attached hydrogens (primary N) is 1. The molecule has 3 heterocycles.